The molecular formula is C20H23Cl2N4O2+. The van der Waals surface area contributed by atoms with Crippen LogP contribution in [-0.2, 0) is 11.3 Å². The van der Waals surface area contributed by atoms with E-state index in [1.165, 1.54) is 22.7 Å². The van der Waals surface area contributed by atoms with Crippen LogP contribution in [0.25, 0.3) is 0 Å². The van der Waals surface area contributed by atoms with E-state index in [0.717, 1.165) is 37.5 Å². The van der Waals surface area contributed by atoms with Crippen molar-refractivity contribution in [1.29, 1.82) is 0 Å². The van der Waals surface area contributed by atoms with Gasteiger partial charge in [0.15, 0.2) is 0 Å². The highest BCUT2D eigenvalue weighted by molar-refractivity contribution is 6.31. The van der Waals surface area contributed by atoms with Crippen molar-refractivity contribution in [2.75, 3.05) is 19.6 Å². The smallest absolute Gasteiger partial charge is 0.270 e. The van der Waals surface area contributed by atoms with Crippen molar-refractivity contribution in [3.8, 4) is 0 Å². The predicted molar refractivity (Wildman–Crippen MR) is 109 cm³/mol. The lowest BCUT2D eigenvalue weighted by Gasteiger charge is -2.29. The van der Waals surface area contributed by atoms with Gasteiger partial charge in [-0.25, -0.2) is 0 Å². The number of aromatic nitrogens is 1. The van der Waals surface area contributed by atoms with Crippen molar-refractivity contribution >= 4 is 35.0 Å². The summed E-state index contributed by atoms with van der Waals surface area (Å²) in [6.45, 7) is 2.87. The number of nitrogens with one attached hydrogen (secondary N) is 3. The molecule has 148 valence electrons. The molecule has 2 aromatic rings. The molecule has 1 saturated heterocycles. The number of piperidine rings is 1. The third-order valence-electron chi connectivity index (χ3n) is 4.79. The van der Waals surface area contributed by atoms with E-state index >= 15 is 0 Å². The number of nitrogens with zero attached hydrogens (tertiary/aromatic N) is 1. The van der Waals surface area contributed by atoms with Crippen LogP contribution >= 0.6 is 23.2 Å². The Morgan fingerprint density at radius 1 is 1.07 bits per heavy atom. The molecule has 3 rings (SSSR count). The molecule has 1 aromatic heterocycles. The molecule has 0 aliphatic carbocycles. The van der Waals surface area contributed by atoms with Crippen LogP contribution in [0.4, 0.5) is 0 Å². The molecule has 2 amide bonds. The topological polar surface area (TPSA) is 75.5 Å². The minimum Gasteiger partial charge on any atom is -0.351 e. The lowest BCUT2D eigenvalue weighted by molar-refractivity contribution is -0.918. The first kappa shape index (κ1) is 20.6. The van der Waals surface area contributed by atoms with Gasteiger partial charge in [0, 0.05) is 40.7 Å². The second kappa shape index (κ2) is 9.87. The van der Waals surface area contributed by atoms with Gasteiger partial charge in [-0.15, -0.1) is 0 Å². The Morgan fingerprint density at radius 2 is 1.79 bits per heavy atom. The van der Waals surface area contributed by atoms with Gasteiger partial charge in [-0.3, -0.25) is 14.6 Å². The highest BCUT2D eigenvalue weighted by Crippen LogP contribution is 2.09. The van der Waals surface area contributed by atoms with E-state index in [-0.39, 0.29) is 24.2 Å². The number of carbonyl (C=O) groups is 2. The zero-order chi connectivity index (χ0) is 19.9. The van der Waals surface area contributed by atoms with Gasteiger partial charge >= 0.3 is 0 Å². The Labute approximate surface area is 174 Å². The molecule has 0 spiro atoms. The SMILES string of the molecule is O=C(CNC(=O)c1cc(Cl)ccn1)NC1CC[NH+](Cc2ccc(Cl)cc2)CC1. The maximum Gasteiger partial charge on any atom is 0.270 e. The van der Waals surface area contributed by atoms with Crippen LogP contribution in [-0.4, -0.2) is 42.5 Å². The second-order valence-corrected chi connectivity index (χ2v) is 7.81. The molecule has 8 heteroatoms. The van der Waals surface area contributed by atoms with E-state index in [0.29, 0.717) is 5.02 Å². The summed E-state index contributed by atoms with van der Waals surface area (Å²) in [4.78, 5) is 29.6. The minimum absolute atomic E-state index is 0.0785. The van der Waals surface area contributed by atoms with Gasteiger partial charge in [0.05, 0.1) is 19.6 Å². The number of hydrogen-bond acceptors (Lipinski definition) is 3. The monoisotopic (exact) mass is 421 g/mol. The number of quaternary nitrogens is 1. The summed E-state index contributed by atoms with van der Waals surface area (Å²) in [5.41, 5.74) is 1.46. The molecule has 1 fully saturated rings. The number of carbonyl (C=O) groups excluding carboxylic acids is 2. The van der Waals surface area contributed by atoms with Crippen LogP contribution in [0.3, 0.4) is 0 Å². The molecule has 1 aromatic carbocycles. The van der Waals surface area contributed by atoms with Gasteiger partial charge in [0.1, 0.15) is 12.2 Å². The summed E-state index contributed by atoms with van der Waals surface area (Å²) in [5, 5.41) is 6.75. The van der Waals surface area contributed by atoms with Crippen molar-refractivity contribution in [3.63, 3.8) is 0 Å². The number of benzene rings is 1. The van der Waals surface area contributed by atoms with E-state index in [9.17, 15) is 9.59 Å². The van der Waals surface area contributed by atoms with Crippen LogP contribution in [0.1, 0.15) is 28.9 Å². The zero-order valence-corrected chi connectivity index (χ0v) is 16.9. The number of likely N-dealkylation sites (tertiary alicyclic amines) is 1. The van der Waals surface area contributed by atoms with Crippen LogP contribution in [0, 0.1) is 0 Å². The van der Waals surface area contributed by atoms with Gasteiger partial charge in [-0.1, -0.05) is 35.3 Å². The molecule has 0 saturated carbocycles. The van der Waals surface area contributed by atoms with E-state index in [2.05, 4.69) is 27.8 Å². The normalized spacial score (nSPS) is 19.1. The Kier molecular flexibility index (Phi) is 7.25. The lowest BCUT2D eigenvalue weighted by Crippen LogP contribution is -3.12. The predicted octanol–water partition coefficient (Wildman–Crippen LogP) is 1.48. The zero-order valence-electron chi connectivity index (χ0n) is 15.4. The molecule has 28 heavy (non-hydrogen) atoms. The van der Waals surface area contributed by atoms with Crippen molar-refractivity contribution in [1.82, 2.24) is 15.6 Å². The molecular weight excluding hydrogens is 399 g/mol. The number of halogens is 2. The summed E-state index contributed by atoms with van der Waals surface area (Å²) >= 11 is 11.8. The molecule has 0 unspecified atom stereocenters. The fourth-order valence-electron chi connectivity index (χ4n) is 3.30. The van der Waals surface area contributed by atoms with Crippen molar-refractivity contribution in [2.45, 2.75) is 25.4 Å². The summed E-state index contributed by atoms with van der Waals surface area (Å²) in [6, 6.07) is 11.1. The Bertz CT molecular complexity index is 821. The van der Waals surface area contributed by atoms with Crippen LogP contribution in [0.2, 0.25) is 10.0 Å². The number of amides is 2. The quantitative estimate of drug-likeness (QED) is 0.660. The summed E-state index contributed by atoms with van der Waals surface area (Å²) < 4.78 is 0. The van der Waals surface area contributed by atoms with E-state index in [1.54, 1.807) is 6.07 Å². The number of hydrogen-bond donors (Lipinski definition) is 3. The highest BCUT2D eigenvalue weighted by Gasteiger charge is 2.23. The third kappa shape index (κ3) is 6.19. The molecule has 0 radical (unpaired) electrons. The number of rotatable bonds is 6. The van der Waals surface area contributed by atoms with Gasteiger partial charge in [0.25, 0.3) is 5.91 Å². The van der Waals surface area contributed by atoms with Crippen LogP contribution in [0.15, 0.2) is 42.6 Å². The van der Waals surface area contributed by atoms with Gasteiger partial charge in [0.2, 0.25) is 5.91 Å². The average molecular weight is 422 g/mol. The Balaban J connectivity index is 1.37. The van der Waals surface area contributed by atoms with Gasteiger partial charge in [-0.05, 0) is 24.3 Å². The van der Waals surface area contributed by atoms with Crippen molar-refractivity contribution in [3.05, 3.63) is 63.9 Å². The largest absolute Gasteiger partial charge is 0.351 e. The summed E-state index contributed by atoms with van der Waals surface area (Å²) in [6.07, 6.45) is 3.29. The third-order valence-corrected chi connectivity index (χ3v) is 5.28. The first-order chi connectivity index (χ1) is 13.5. The molecule has 3 N–H and O–H groups in total. The van der Waals surface area contributed by atoms with E-state index in [4.69, 9.17) is 23.2 Å². The summed E-state index contributed by atoms with van der Waals surface area (Å²) in [7, 11) is 0. The van der Waals surface area contributed by atoms with E-state index < -0.39 is 5.91 Å². The van der Waals surface area contributed by atoms with Gasteiger partial charge < -0.3 is 15.5 Å². The fraction of sp³-hybridized carbons (Fsp3) is 0.350. The molecule has 1 aliphatic rings. The molecule has 1 aliphatic heterocycles. The minimum atomic E-state index is -0.417. The average Bonchev–Trinajstić information content (AvgIpc) is 2.69. The lowest BCUT2D eigenvalue weighted by atomic mass is 10.0. The van der Waals surface area contributed by atoms with Crippen molar-refractivity contribution < 1.29 is 14.5 Å². The van der Waals surface area contributed by atoms with Crippen LogP contribution in [0.5, 0.6) is 0 Å². The van der Waals surface area contributed by atoms with Crippen molar-refractivity contribution in [2.24, 2.45) is 0 Å². The molecule has 0 atom stereocenters. The highest BCUT2D eigenvalue weighted by atomic mass is 35.5. The Hall–Kier alpha value is -2.15. The van der Waals surface area contributed by atoms with Crippen LogP contribution < -0.4 is 15.5 Å². The Morgan fingerprint density at radius 3 is 2.46 bits per heavy atom. The van der Waals surface area contributed by atoms with Gasteiger partial charge in [-0.2, -0.15) is 0 Å². The first-order valence-electron chi connectivity index (χ1n) is 9.27. The second-order valence-electron chi connectivity index (χ2n) is 6.94. The summed E-state index contributed by atoms with van der Waals surface area (Å²) in [5.74, 6) is -0.610. The standard InChI is InChI=1S/C20H22Cl2N4O2/c21-15-3-1-14(2-4-15)13-26-9-6-17(7-10-26)25-19(27)12-24-20(28)18-11-16(22)5-8-23-18/h1-5,8,11,17H,6-7,9-10,12-13H2,(H,24,28)(H,25,27)/p+1. The molecule has 2 heterocycles. The molecule has 0 bridgehead atoms. The first-order valence-corrected chi connectivity index (χ1v) is 10.0. The van der Waals surface area contributed by atoms with E-state index in [1.807, 2.05) is 12.1 Å². The number of pyridine rings is 1. The maximum atomic E-state index is 12.1. The fourth-order valence-corrected chi connectivity index (χ4v) is 3.58. The maximum absolute atomic E-state index is 12.1. The molecule has 6 nitrogen and oxygen atoms in total.